The Morgan fingerprint density at radius 1 is 0.404 bits per heavy atom. The van der Waals surface area contributed by atoms with Gasteiger partial charge in [-0.2, -0.15) is 10.2 Å². The van der Waals surface area contributed by atoms with E-state index in [4.69, 9.17) is 0 Å². The maximum Gasteiger partial charge on any atom is 0.146 e. The summed E-state index contributed by atoms with van der Waals surface area (Å²) in [7, 11) is 0. The van der Waals surface area contributed by atoms with E-state index in [1.54, 1.807) is 0 Å². The van der Waals surface area contributed by atoms with Crippen LogP contribution in [0.4, 0.5) is 22.7 Å². The van der Waals surface area contributed by atoms with E-state index in [1.165, 1.54) is 0 Å². The Kier molecular flexibility index (Phi) is 12.9. The molecule has 0 bridgehead atoms. The summed E-state index contributed by atoms with van der Waals surface area (Å²) in [6.07, 6.45) is 0. The smallest absolute Gasteiger partial charge is 0.146 e. The van der Waals surface area contributed by atoms with Crippen LogP contribution < -0.4 is 0 Å². The van der Waals surface area contributed by atoms with Gasteiger partial charge in [-0.1, -0.05) is 132 Å². The Balaban J connectivity index is 0.000000320. The first-order valence-corrected chi connectivity index (χ1v) is 15.9. The molecule has 4 rings (SSSR count). The van der Waals surface area contributed by atoms with E-state index in [1.807, 2.05) is 72.8 Å². The van der Waals surface area contributed by atoms with Crippen molar-refractivity contribution in [2.75, 3.05) is 0 Å². The minimum absolute atomic E-state index is 0. The molecule has 0 aliphatic rings. The van der Waals surface area contributed by atoms with Crippen LogP contribution >= 0.6 is 0 Å². The molecule has 4 aromatic rings. The molecule has 0 fully saturated rings. The van der Waals surface area contributed by atoms with Crippen LogP contribution in [0.2, 0.25) is 0 Å². The maximum absolute atomic E-state index is 10.6. The topological polar surface area (TPSA) is 89.9 Å². The fourth-order valence-electron chi connectivity index (χ4n) is 4.61. The number of rotatable bonds is 4. The third-order valence-corrected chi connectivity index (χ3v) is 7.59. The van der Waals surface area contributed by atoms with Crippen LogP contribution in [0.3, 0.4) is 0 Å². The summed E-state index contributed by atoms with van der Waals surface area (Å²) in [5.41, 5.74) is 6.27. The van der Waals surface area contributed by atoms with Gasteiger partial charge in [-0.15, -0.1) is 10.2 Å². The molecule has 0 atom stereocenters. The number of phenols is 2. The van der Waals surface area contributed by atoms with Crippen molar-refractivity contribution >= 4 is 22.7 Å². The molecule has 47 heavy (non-hydrogen) atoms. The number of hydrogen-bond donors (Lipinski definition) is 2. The summed E-state index contributed by atoms with van der Waals surface area (Å²) in [4.78, 5) is 0. The largest absolute Gasteiger partial charge is 0.505 e. The molecule has 254 valence electrons. The summed E-state index contributed by atoms with van der Waals surface area (Å²) >= 11 is 0. The first-order chi connectivity index (χ1) is 21.2. The monoisotopic (exact) mass is 678 g/mol. The molecule has 7 heteroatoms. The van der Waals surface area contributed by atoms with Crippen LogP contribution in [0, 0.1) is 0 Å². The number of nitrogens with zero attached hydrogens (tertiary/aromatic N) is 4. The van der Waals surface area contributed by atoms with Crippen molar-refractivity contribution < 1.29 is 26.7 Å². The van der Waals surface area contributed by atoms with Gasteiger partial charge in [0.1, 0.15) is 22.9 Å². The van der Waals surface area contributed by atoms with Gasteiger partial charge in [-0.3, -0.25) is 0 Å². The van der Waals surface area contributed by atoms with E-state index in [9.17, 15) is 10.2 Å². The zero-order valence-electron chi connectivity index (χ0n) is 30.1. The third-order valence-electron chi connectivity index (χ3n) is 7.59. The van der Waals surface area contributed by atoms with Crippen molar-refractivity contribution in [1.82, 2.24) is 0 Å². The van der Waals surface area contributed by atoms with E-state index in [0.29, 0.717) is 11.4 Å². The second-order valence-corrected chi connectivity index (χ2v) is 15.9. The standard InChI is InChI=1S/2C20H26N2O.Ni/c2*1-19(2,3)14-12-16(20(4,5)6)18(23)17(13-14)22-21-15-10-8-7-9-11-15;/h2*7-13,23H,1-6H3;. The molecule has 6 nitrogen and oxygen atoms in total. The van der Waals surface area contributed by atoms with Gasteiger partial charge >= 0.3 is 0 Å². The van der Waals surface area contributed by atoms with Gasteiger partial charge in [-0.05, 0) is 69.2 Å². The zero-order valence-corrected chi connectivity index (χ0v) is 31.1. The minimum Gasteiger partial charge on any atom is -0.505 e. The van der Waals surface area contributed by atoms with Gasteiger partial charge in [-0.25, -0.2) is 0 Å². The van der Waals surface area contributed by atoms with E-state index in [2.05, 4.69) is 116 Å². The first kappa shape index (κ1) is 39.4. The van der Waals surface area contributed by atoms with Gasteiger partial charge in [0, 0.05) is 27.6 Å². The van der Waals surface area contributed by atoms with Crippen LogP contribution in [0.25, 0.3) is 0 Å². The minimum atomic E-state index is -0.164. The summed E-state index contributed by atoms with van der Waals surface area (Å²) in [5.74, 6) is 0.426. The molecule has 0 saturated heterocycles. The molecule has 0 unspecified atom stereocenters. The van der Waals surface area contributed by atoms with Crippen LogP contribution in [-0.2, 0) is 38.2 Å². The second kappa shape index (κ2) is 15.4. The summed E-state index contributed by atoms with van der Waals surface area (Å²) in [5, 5.41) is 38.4. The molecule has 4 aromatic carbocycles. The molecule has 0 amide bonds. The Morgan fingerprint density at radius 3 is 0.957 bits per heavy atom. The Morgan fingerprint density at radius 2 is 0.702 bits per heavy atom. The number of hydrogen-bond acceptors (Lipinski definition) is 6. The van der Waals surface area contributed by atoms with E-state index in [0.717, 1.165) is 33.6 Å². The van der Waals surface area contributed by atoms with Gasteiger partial charge in [0.05, 0.1) is 11.4 Å². The molecule has 0 saturated carbocycles. The average molecular weight is 680 g/mol. The SMILES string of the molecule is CC(C)(C)c1cc(N=Nc2ccccc2)c(O)c(C(C)(C)C)c1.CC(C)(C)c1cc(N=Nc2ccccc2)c(O)c(C(C)(C)C)c1.[Ni]. The van der Waals surface area contributed by atoms with Crippen LogP contribution in [0.15, 0.2) is 105 Å². The molecule has 0 heterocycles. The molecule has 0 aromatic heterocycles. The van der Waals surface area contributed by atoms with Gasteiger partial charge in [0.25, 0.3) is 0 Å². The van der Waals surface area contributed by atoms with Gasteiger partial charge in [0.15, 0.2) is 0 Å². The van der Waals surface area contributed by atoms with Crippen molar-refractivity contribution in [3.63, 3.8) is 0 Å². The van der Waals surface area contributed by atoms with Gasteiger partial charge in [0.2, 0.25) is 0 Å². The van der Waals surface area contributed by atoms with E-state index < -0.39 is 0 Å². The predicted octanol–water partition coefficient (Wildman–Crippen LogP) is 12.8. The van der Waals surface area contributed by atoms with Crippen molar-refractivity contribution in [3.05, 3.63) is 107 Å². The van der Waals surface area contributed by atoms with Gasteiger partial charge < -0.3 is 10.2 Å². The number of phenolic OH excluding ortho intramolecular Hbond substituents is 2. The fourth-order valence-corrected chi connectivity index (χ4v) is 4.61. The third kappa shape index (κ3) is 11.1. The van der Waals surface area contributed by atoms with Crippen molar-refractivity contribution in [2.24, 2.45) is 20.5 Å². The van der Waals surface area contributed by atoms with E-state index in [-0.39, 0.29) is 49.7 Å². The molecule has 0 aliphatic carbocycles. The van der Waals surface area contributed by atoms with Crippen LogP contribution in [0.5, 0.6) is 11.5 Å². The van der Waals surface area contributed by atoms with Crippen LogP contribution in [0.1, 0.15) is 105 Å². The van der Waals surface area contributed by atoms with Crippen LogP contribution in [-0.4, -0.2) is 10.2 Å². The van der Waals surface area contributed by atoms with Crippen molar-refractivity contribution in [2.45, 2.75) is 105 Å². The molecule has 0 spiro atoms. The Labute approximate surface area is 292 Å². The molecular weight excluding hydrogens is 627 g/mol. The Hall–Kier alpha value is -3.83. The van der Waals surface area contributed by atoms with Crippen molar-refractivity contribution in [1.29, 1.82) is 0 Å². The number of azo groups is 2. The molecule has 0 aliphatic heterocycles. The normalized spacial score (nSPS) is 12.5. The first-order valence-electron chi connectivity index (χ1n) is 15.9. The van der Waals surface area contributed by atoms with Crippen molar-refractivity contribution in [3.8, 4) is 11.5 Å². The summed E-state index contributed by atoms with van der Waals surface area (Å²) in [6.45, 7) is 25.5. The average Bonchev–Trinajstić information content (AvgIpc) is 2.95. The summed E-state index contributed by atoms with van der Waals surface area (Å²) in [6, 6.07) is 27.1. The molecular formula is C40H52N4NiO2. The maximum atomic E-state index is 10.6. The Bertz CT molecular complexity index is 1540. The fraction of sp³-hybridized carbons (Fsp3) is 0.400. The number of benzene rings is 4. The quantitative estimate of drug-likeness (QED) is 0.166. The molecule has 0 radical (unpaired) electrons. The second-order valence-electron chi connectivity index (χ2n) is 15.9. The molecule has 2 N–H and O–H groups in total. The zero-order chi connectivity index (χ0) is 34.5. The number of aromatic hydroxyl groups is 2. The summed E-state index contributed by atoms with van der Waals surface area (Å²) < 4.78 is 0. The predicted molar refractivity (Wildman–Crippen MR) is 192 cm³/mol. The van der Waals surface area contributed by atoms with E-state index >= 15 is 0 Å².